The van der Waals surface area contributed by atoms with Gasteiger partial charge in [-0.05, 0) is 68.3 Å². The summed E-state index contributed by atoms with van der Waals surface area (Å²) in [5.41, 5.74) is 1.60. The van der Waals surface area contributed by atoms with Crippen LogP contribution in [-0.4, -0.2) is 44.3 Å². The van der Waals surface area contributed by atoms with Gasteiger partial charge in [-0.1, -0.05) is 78.0 Å². The Labute approximate surface area is 251 Å². The van der Waals surface area contributed by atoms with Crippen LogP contribution in [0.2, 0.25) is 15.1 Å². The SMILES string of the molecule is CCCCNC(=O)C(C)N(Cc1cccc(Cl)c1)C(=O)CN(c1cc(Cl)ccc1Cl)S(=O)(=O)c1ccc(C)cc1. The van der Waals surface area contributed by atoms with Crippen molar-refractivity contribution in [2.45, 2.75) is 51.1 Å². The van der Waals surface area contributed by atoms with Gasteiger partial charge in [-0.3, -0.25) is 13.9 Å². The van der Waals surface area contributed by atoms with Crippen molar-refractivity contribution in [3.63, 3.8) is 0 Å². The fourth-order valence-corrected chi connectivity index (χ4v) is 6.05. The van der Waals surface area contributed by atoms with Crippen LogP contribution in [0.15, 0.2) is 71.6 Å². The smallest absolute Gasteiger partial charge is 0.264 e. The maximum Gasteiger partial charge on any atom is 0.264 e. The Morgan fingerprint density at radius 2 is 1.62 bits per heavy atom. The van der Waals surface area contributed by atoms with Crippen molar-refractivity contribution < 1.29 is 18.0 Å². The second-order valence-corrected chi connectivity index (χ2v) is 12.5. The van der Waals surface area contributed by atoms with E-state index < -0.39 is 28.5 Å². The second-order valence-electron chi connectivity index (χ2n) is 9.39. The Kier molecular flexibility index (Phi) is 11.3. The molecular formula is C29H32Cl3N3O4S. The van der Waals surface area contributed by atoms with Crippen molar-refractivity contribution in [1.29, 1.82) is 0 Å². The first-order valence-electron chi connectivity index (χ1n) is 12.8. The van der Waals surface area contributed by atoms with Crippen LogP contribution in [0.1, 0.15) is 37.8 Å². The summed E-state index contributed by atoms with van der Waals surface area (Å²) in [6.45, 7) is 5.33. The molecule has 0 spiro atoms. The van der Waals surface area contributed by atoms with Gasteiger partial charge in [0.2, 0.25) is 11.8 Å². The van der Waals surface area contributed by atoms with Crippen LogP contribution < -0.4 is 9.62 Å². The van der Waals surface area contributed by atoms with E-state index in [1.54, 1.807) is 43.3 Å². The van der Waals surface area contributed by atoms with E-state index in [0.29, 0.717) is 17.1 Å². The average molecular weight is 625 g/mol. The van der Waals surface area contributed by atoms with Crippen molar-refractivity contribution in [3.8, 4) is 0 Å². The second kappa shape index (κ2) is 14.2. The highest BCUT2D eigenvalue weighted by Crippen LogP contribution is 2.33. The molecule has 1 atom stereocenters. The number of aryl methyl sites for hydroxylation is 1. The third-order valence-corrected chi connectivity index (χ3v) is 8.87. The van der Waals surface area contributed by atoms with Gasteiger partial charge in [0.1, 0.15) is 12.6 Å². The summed E-state index contributed by atoms with van der Waals surface area (Å²) in [4.78, 5) is 28.3. The molecule has 1 N–H and O–H groups in total. The van der Waals surface area contributed by atoms with Crippen LogP contribution in [-0.2, 0) is 26.2 Å². The minimum Gasteiger partial charge on any atom is -0.354 e. The maximum absolute atomic E-state index is 14.0. The standard InChI is InChI=1S/C29H32Cl3N3O4S/c1-4-5-15-33-29(37)21(3)34(18-22-7-6-8-23(30)16-22)28(36)19-35(27-17-24(31)11-14-26(27)32)40(38,39)25-12-9-20(2)10-13-25/h6-14,16-17,21H,4-5,15,18-19H2,1-3H3,(H,33,37). The van der Waals surface area contributed by atoms with E-state index in [-0.39, 0.29) is 33.1 Å². The minimum absolute atomic E-state index is 0.0197. The largest absolute Gasteiger partial charge is 0.354 e. The summed E-state index contributed by atoms with van der Waals surface area (Å²) >= 11 is 18.8. The van der Waals surface area contributed by atoms with E-state index in [4.69, 9.17) is 34.8 Å². The van der Waals surface area contributed by atoms with E-state index in [1.807, 2.05) is 13.8 Å². The maximum atomic E-state index is 14.0. The Bertz CT molecular complexity index is 1450. The number of amides is 2. The molecule has 7 nitrogen and oxygen atoms in total. The first-order chi connectivity index (χ1) is 18.9. The summed E-state index contributed by atoms with van der Waals surface area (Å²) < 4.78 is 28.7. The Morgan fingerprint density at radius 3 is 2.27 bits per heavy atom. The van der Waals surface area contributed by atoms with Gasteiger partial charge < -0.3 is 10.2 Å². The Hall–Kier alpha value is -2.78. The van der Waals surface area contributed by atoms with Crippen molar-refractivity contribution in [1.82, 2.24) is 10.2 Å². The zero-order valence-electron chi connectivity index (χ0n) is 22.5. The molecule has 214 valence electrons. The molecule has 0 radical (unpaired) electrons. The van der Waals surface area contributed by atoms with Crippen LogP contribution in [0.25, 0.3) is 0 Å². The van der Waals surface area contributed by atoms with E-state index >= 15 is 0 Å². The lowest BCUT2D eigenvalue weighted by Crippen LogP contribution is -2.51. The molecule has 0 aliphatic heterocycles. The number of carbonyl (C=O) groups excluding carboxylic acids is 2. The van der Waals surface area contributed by atoms with Gasteiger partial charge >= 0.3 is 0 Å². The van der Waals surface area contributed by atoms with Gasteiger partial charge in [-0.25, -0.2) is 8.42 Å². The molecule has 0 aromatic heterocycles. The molecular weight excluding hydrogens is 593 g/mol. The molecule has 40 heavy (non-hydrogen) atoms. The summed E-state index contributed by atoms with van der Waals surface area (Å²) in [6.07, 6.45) is 1.68. The average Bonchev–Trinajstić information content (AvgIpc) is 2.91. The number of anilines is 1. The van der Waals surface area contributed by atoms with E-state index in [0.717, 1.165) is 22.7 Å². The number of benzene rings is 3. The lowest BCUT2D eigenvalue weighted by atomic mass is 10.1. The molecule has 0 bridgehead atoms. The van der Waals surface area contributed by atoms with Crippen molar-refractivity contribution in [3.05, 3.63) is 92.9 Å². The first kappa shape index (κ1) is 31.7. The number of halogens is 3. The van der Waals surface area contributed by atoms with Crippen LogP contribution in [0.3, 0.4) is 0 Å². The van der Waals surface area contributed by atoms with E-state index in [2.05, 4.69) is 5.32 Å². The number of rotatable bonds is 12. The highest BCUT2D eigenvalue weighted by atomic mass is 35.5. The topological polar surface area (TPSA) is 86.8 Å². The monoisotopic (exact) mass is 623 g/mol. The fourth-order valence-electron chi connectivity index (χ4n) is 3.98. The van der Waals surface area contributed by atoms with Gasteiger partial charge in [0, 0.05) is 23.1 Å². The molecule has 11 heteroatoms. The van der Waals surface area contributed by atoms with Crippen LogP contribution in [0.5, 0.6) is 0 Å². The number of hydrogen-bond acceptors (Lipinski definition) is 4. The molecule has 0 heterocycles. The molecule has 3 aromatic carbocycles. The Balaban J connectivity index is 2.04. The molecule has 1 unspecified atom stereocenters. The molecule has 2 amide bonds. The van der Waals surface area contributed by atoms with Gasteiger partial charge in [-0.15, -0.1) is 0 Å². The molecule has 3 aromatic rings. The first-order valence-corrected chi connectivity index (χ1v) is 15.4. The van der Waals surface area contributed by atoms with Crippen molar-refractivity contribution in [2.75, 3.05) is 17.4 Å². The molecule has 0 fully saturated rings. The Morgan fingerprint density at radius 1 is 0.950 bits per heavy atom. The fraction of sp³-hybridized carbons (Fsp3) is 0.310. The normalized spacial score (nSPS) is 12.1. The van der Waals surface area contributed by atoms with Crippen molar-refractivity contribution >= 4 is 62.3 Å². The van der Waals surface area contributed by atoms with Crippen molar-refractivity contribution in [2.24, 2.45) is 0 Å². The molecule has 0 aliphatic carbocycles. The lowest BCUT2D eigenvalue weighted by molar-refractivity contribution is -0.139. The summed E-state index contributed by atoms with van der Waals surface area (Å²) in [5.74, 6) is -0.956. The zero-order valence-corrected chi connectivity index (χ0v) is 25.6. The van der Waals surface area contributed by atoms with E-state index in [9.17, 15) is 18.0 Å². The van der Waals surface area contributed by atoms with Gasteiger partial charge in [0.25, 0.3) is 10.0 Å². The number of nitrogens with zero attached hydrogens (tertiary/aromatic N) is 2. The molecule has 3 rings (SSSR count). The number of hydrogen-bond donors (Lipinski definition) is 1. The number of nitrogens with one attached hydrogen (secondary N) is 1. The van der Waals surface area contributed by atoms with Gasteiger partial charge in [-0.2, -0.15) is 0 Å². The minimum atomic E-state index is -4.26. The quantitative estimate of drug-likeness (QED) is 0.234. The summed E-state index contributed by atoms with van der Waals surface area (Å²) in [6, 6.07) is 16.7. The predicted octanol–water partition coefficient (Wildman–Crippen LogP) is 6.48. The van der Waals surface area contributed by atoms with Gasteiger partial charge in [0.15, 0.2) is 0 Å². The van der Waals surface area contributed by atoms with Crippen LogP contribution in [0.4, 0.5) is 5.69 Å². The number of sulfonamides is 1. The molecule has 0 aliphatic rings. The van der Waals surface area contributed by atoms with Gasteiger partial charge in [0.05, 0.1) is 15.6 Å². The highest BCUT2D eigenvalue weighted by Gasteiger charge is 2.33. The number of carbonyl (C=O) groups is 2. The number of unbranched alkanes of at least 4 members (excludes halogenated alkanes) is 1. The highest BCUT2D eigenvalue weighted by molar-refractivity contribution is 7.92. The summed E-state index contributed by atoms with van der Waals surface area (Å²) in [7, 11) is -4.26. The third kappa shape index (κ3) is 8.13. The van der Waals surface area contributed by atoms with E-state index in [1.165, 1.54) is 35.2 Å². The predicted molar refractivity (Wildman–Crippen MR) is 162 cm³/mol. The third-order valence-electron chi connectivity index (χ3n) is 6.30. The molecule has 0 saturated heterocycles. The zero-order chi connectivity index (χ0) is 29.4. The van der Waals surface area contributed by atoms with Crippen LogP contribution in [0, 0.1) is 6.92 Å². The molecule has 0 saturated carbocycles. The lowest BCUT2D eigenvalue weighted by Gasteiger charge is -2.32. The van der Waals surface area contributed by atoms with Crippen LogP contribution >= 0.6 is 34.8 Å². The summed E-state index contributed by atoms with van der Waals surface area (Å²) in [5, 5.41) is 3.66.